The van der Waals surface area contributed by atoms with Crippen molar-refractivity contribution in [1.29, 1.82) is 0 Å². The van der Waals surface area contributed by atoms with Crippen molar-refractivity contribution in [2.24, 2.45) is 0 Å². The molecule has 144 valence electrons. The third-order valence-electron chi connectivity index (χ3n) is 5.44. The minimum absolute atomic E-state index is 0.0424. The molecule has 1 saturated carbocycles. The molecule has 3 aromatic rings. The SMILES string of the molecule is COc1ccncc1S(=O)(=O)Nc1noc2c1CC1(CC1)c1ccc(Br)cc1-2. The van der Waals surface area contributed by atoms with Crippen molar-refractivity contribution in [3.8, 4) is 17.1 Å². The monoisotopic (exact) mass is 461 g/mol. The molecule has 2 heterocycles. The van der Waals surface area contributed by atoms with Gasteiger partial charge in [-0.15, -0.1) is 0 Å². The van der Waals surface area contributed by atoms with E-state index in [4.69, 9.17) is 9.26 Å². The van der Waals surface area contributed by atoms with Gasteiger partial charge in [-0.3, -0.25) is 9.71 Å². The molecule has 0 atom stereocenters. The van der Waals surface area contributed by atoms with E-state index in [-0.39, 0.29) is 21.9 Å². The maximum absolute atomic E-state index is 12.9. The Bertz CT molecular complexity index is 1200. The Hall–Kier alpha value is -2.39. The van der Waals surface area contributed by atoms with Crippen LogP contribution in [0.25, 0.3) is 11.3 Å². The van der Waals surface area contributed by atoms with E-state index in [0.29, 0.717) is 12.2 Å². The first kappa shape index (κ1) is 17.7. The molecule has 0 saturated heterocycles. The van der Waals surface area contributed by atoms with Crippen LogP contribution in [0.3, 0.4) is 0 Å². The van der Waals surface area contributed by atoms with Crippen molar-refractivity contribution < 1.29 is 17.7 Å². The molecule has 9 heteroatoms. The third kappa shape index (κ3) is 2.64. The van der Waals surface area contributed by atoms with Gasteiger partial charge in [-0.2, -0.15) is 0 Å². The molecule has 0 bridgehead atoms. The van der Waals surface area contributed by atoms with Gasteiger partial charge in [0.05, 0.1) is 13.3 Å². The van der Waals surface area contributed by atoms with E-state index in [2.05, 4.69) is 36.9 Å². The molecule has 0 unspecified atom stereocenters. The summed E-state index contributed by atoms with van der Waals surface area (Å²) in [6.07, 6.45) is 5.55. The Labute approximate surface area is 170 Å². The number of rotatable bonds is 4. The highest BCUT2D eigenvalue weighted by molar-refractivity contribution is 9.10. The molecule has 2 aliphatic rings. The number of aromatic nitrogens is 2. The molecule has 0 aliphatic heterocycles. The summed E-state index contributed by atoms with van der Waals surface area (Å²) in [4.78, 5) is 3.85. The van der Waals surface area contributed by atoms with Crippen molar-refractivity contribution in [3.05, 3.63) is 52.3 Å². The van der Waals surface area contributed by atoms with Crippen LogP contribution < -0.4 is 9.46 Å². The van der Waals surface area contributed by atoms with Crippen LogP contribution in [-0.4, -0.2) is 25.7 Å². The lowest BCUT2D eigenvalue weighted by atomic mass is 9.79. The highest BCUT2D eigenvalue weighted by Gasteiger charge is 2.50. The number of anilines is 1. The molecule has 5 rings (SSSR count). The number of hydrogen-bond acceptors (Lipinski definition) is 6. The second-order valence-electron chi connectivity index (χ2n) is 7.12. The van der Waals surface area contributed by atoms with Crippen molar-refractivity contribution >= 4 is 31.8 Å². The lowest BCUT2D eigenvalue weighted by molar-refractivity contribution is 0.402. The minimum Gasteiger partial charge on any atom is -0.495 e. The Morgan fingerprint density at radius 1 is 1.29 bits per heavy atom. The van der Waals surface area contributed by atoms with Crippen LogP contribution in [0.15, 0.2) is 50.6 Å². The van der Waals surface area contributed by atoms with Gasteiger partial charge in [0.15, 0.2) is 11.6 Å². The standard InChI is InChI=1S/C19H16BrN3O4S/c1-26-15-4-7-21-10-16(15)28(24,25)23-18-13-9-19(5-6-19)14-3-2-11(20)8-12(14)17(13)27-22-18/h2-4,7-8,10H,5-6,9H2,1H3,(H,22,23). The molecule has 1 N–H and O–H groups in total. The Morgan fingerprint density at radius 3 is 2.86 bits per heavy atom. The van der Waals surface area contributed by atoms with Gasteiger partial charge >= 0.3 is 0 Å². The van der Waals surface area contributed by atoms with Gasteiger partial charge in [0.2, 0.25) is 0 Å². The first-order valence-corrected chi connectivity index (χ1v) is 11.0. The predicted molar refractivity (Wildman–Crippen MR) is 106 cm³/mol. The first-order chi connectivity index (χ1) is 13.4. The number of nitrogens with zero attached hydrogens (tertiary/aromatic N) is 2. The number of halogens is 1. The van der Waals surface area contributed by atoms with Crippen LogP contribution in [0.5, 0.6) is 5.75 Å². The maximum Gasteiger partial charge on any atom is 0.268 e. The normalized spacial score (nSPS) is 16.4. The molecular weight excluding hydrogens is 446 g/mol. The summed E-state index contributed by atoms with van der Waals surface area (Å²) in [5, 5.41) is 4.04. The van der Waals surface area contributed by atoms with Gasteiger partial charge in [-0.25, -0.2) is 8.42 Å². The molecule has 7 nitrogen and oxygen atoms in total. The zero-order valence-electron chi connectivity index (χ0n) is 14.9. The summed E-state index contributed by atoms with van der Waals surface area (Å²) in [6.45, 7) is 0. The fourth-order valence-electron chi connectivity index (χ4n) is 3.88. The van der Waals surface area contributed by atoms with E-state index in [1.54, 1.807) is 0 Å². The van der Waals surface area contributed by atoms with Crippen LogP contribution >= 0.6 is 15.9 Å². The maximum atomic E-state index is 12.9. The average Bonchev–Trinajstić information content (AvgIpc) is 3.35. The molecule has 0 amide bonds. The van der Waals surface area contributed by atoms with E-state index in [9.17, 15) is 8.42 Å². The predicted octanol–water partition coefficient (Wildman–Crippen LogP) is 3.90. The molecule has 2 aliphatic carbocycles. The van der Waals surface area contributed by atoms with E-state index < -0.39 is 10.0 Å². The smallest absolute Gasteiger partial charge is 0.268 e. The number of hydrogen-bond donors (Lipinski definition) is 1. The Morgan fingerprint density at radius 2 is 2.11 bits per heavy atom. The first-order valence-electron chi connectivity index (χ1n) is 8.73. The molecule has 0 radical (unpaired) electrons. The summed E-state index contributed by atoms with van der Waals surface area (Å²) in [5.74, 6) is 1.05. The van der Waals surface area contributed by atoms with Gasteiger partial charge in [0, 0.05) is 27.2 Å². The van der Waals surface area contributed by atoms with Gasteiger partial charge < -0.3 is 9.26 Å². The van der Waals surface area contributed by atoms with E-state index in [1.807, 2.05) is 12.1 Å². The van der Waals surface area contributed by atoms with Crippen molar-refractivity contribution in [2.75, 3.05) is 11.8 Å². The summed E-state index contributed by atoms with van der Waals surface area (Å²) >= 11 is 3.51. The van der Waals surface area contributed by atoms with Crippen LogP contribution in [0.2, 0.25) is 0 Å². The Kier molecular flexibility index (Phi) is 3.82. The number of fused-ring (bicyclic) bond motifs is 4. The number of benzene rings is 1. The zero-order chi connectivity index (χ0) is 19.5. The largest absolute Gasteiger partial charge is 0.495 e. The Balaban J connectivity index is 1.59. The van der Waals surface area contributed by atoms with Gasteiger partial charge in [0.1, 0.15) is 10.6 Å². The van der Waals surface area contributed by atoms with Crippen LogP contribution in [0.4, 0.5) is 5.82 Å². The molecule has 1 spiro atoms. The van der Waals surface area contributed by atoms with Crippen LogP contribution in [0.1, 0.15) is 24.0 Å². The molecular formula is C19H16BrN3O4S. The third-order valence-corrected chi connectivity index (χ3v) is 7.28. The second kappa shape index (κ2) is 6.05. The molecule has 1 aromatic carbocycles. The number of pyridine rings is 1. The van der Waals surface area contributed by atoms with Gasteiger partial charge in [-0.05, 0) is 43.0 Å². The molecule has 28 heavy (non-hydrogen) atoms. The molecule has 1 fully saturated rings. The minimum atomic E-state index is -3.93. The lowest BCUT2D eigenvalue weighted by Crippen LogP contribution is -2.20. The van der Waals surface area contributed by atoms with E-state index in [0.717, 1.165) is 28.4 Å². The van der Waals surface area contributed by atoms with E-state index >= 15 is 0 Å². The average molecular weight is 462 g/mol. The number of methoxy groups -OCH3 is 1. The van der Waals surface area contributed by atoms with Crippen LogP contribution in [-0.2, 0) is 21.9 Å². The second-order valence-corrected chi connectivity index (χ2v) is 9.68. The van der Waals surface area contributed by atoms with Crippen molar-refractivity contribution in [2.45, 2.75) is 29.6 Å². The van der Waals surface area contributed by atoms with Crippen molar-refractivity contribution in [1.82, 2.24) is 10.1 Å². The van der Waals surface area contributed by atoms with Gasteiger partial charge in [0.25, 0.3) is 10.0 Å². The fraction of sp³-hybridized carbons (Fsp3) is 0.263. The number of nitrogens with one attached hydrogen (secondary N) is 1. The lowest BCUT2D eigenvalue weighted by Gasteiger charge is -2.24. The summed E-state index contributed by atoms with van der Waals surface area (Å²) in [5.41, 5.74) is 3.03. The highest BCUT2D eigenvalue weighted by atomic mass is 79.9. The van der Waals surface area contributed by atoms with Crippen LogP contribution in [0, 0.1) is 0 Å². The molecule has 2 aromatic heterocycles. The number of ether oxygens (including phenoxy) is 1. The quantitative estimate of drug-likeness (QED) is 0.632. The number of sulfonamides is 1. The fourth-order valence-corrected chi connectivity index (χ4v) is 5.38. The highest BCUT2D eigenvalue weighted by Crippen LogP contribution is 2.58. The summed E-state index contributed by atoms with van der Waals surface area (Å²) in [6, 6.07) is 7.64. The summed E-state index contributed by atoms with van der Waals surface area (Å²) < 4.78 is 40.1. The van der Waals surface area contributed by atoms with Gasteiger partial charge in [-0.1, -0.05) is 27.2 Å². The van der Waals surface area contributed by atoms with Crippen molar-refractivity contribution in [3.63, 3.8) is 0 Å². The zero-order valence-corrected chi connectivity index (χ0v) is 17.3. The summed E-state index contributed by atoms with van der Waals surface area (Å²) in [7, 11) is -2.52. The van der Waals surface area contributed by atoms with E-state index in [1.165, 1.54) is 31.1 Å². The topological polar surface area (TPSA) is 94.3 Å².